The van der Waals surface area contributed by atoms with Crippen molar-refractivity contribution in [3.63, 3.8) is 0 Å². The van der Waals surface area contributed by atoms with E-state index in [1.54, 1.807) is 41.3 Å². The van der Waals surface area contributed by atoms with Gasteiger partial charge in [-0.2, -0.15) is 0 Å². The molecular weight excluding hydrogens is 333 g/mol. The van der Waals surface area contributed by atoms with Gasteiger partial charge in [0.1, 0.15) is 17.7 Å². The maximum Gasteiger partial charge on any atom is 0.260 e. The normalized spacial score (nSPS) is 17.6. The van der Waals surface area contributed by atoms with Gasteiger partial charge < -0.3 is 14.4 Å². The van der Waals surface area contributed by atoms with E-state index in [4.69, 9.17) is 21.1 Å². The Labute approximate surface area is 144 Å². The van der Waals surface area contributed by atoms with Gasteiger partial charge in [-0.25, -0.2) is 4.39 Å². The molecule has 0 radical (unpaired) electrons. The Hall–Kier alpha value is -2.11. The number of carbonyl (C=O) groups is 1. The van der Waals surface area contributed by atoms with E-state index in [1.807, 2.05) is 0 Å². The van der Waals surface area contributed by atoms with Crippen LogP contribution in [-0.2, 0) is 9.53 Å². The Morgan fingerprint density at radius 3 is 2.75 bits per heavy atom. The molecule has 4 nitrogen and oxygen atoms in total. The standard InChI is InChI=1S/C18H17ClFNO3/c19-15-3-1-2-4-16(15)24-12-18(22)21-9-10-23-17(11-21)13-5-7-14(20)8-6-13/h1-8,17H,9-12H2. The molecule has 0 aromatic heterocycles. The van der Waals surface area contributed by atoms with Crippen LogP contribution in [0.3, 0.4) is 0 Å². The first-order valence-corrected chi connectivity index (χ1v) is 8.03. The molecule has 6 heteroatoms. The summed E-state index contributed by atoms with van der Waals surface area (Å²) < 4.78 is 24.2. The smallest absolute Gasteiger partial charge is 0.260 e. The number of morpholine rings is 1. The highest BCUT2D eigenvalue weighted by molar-refractivity contribution is 6.32. The van der Waals surface area contributed by atoms with Gasteiger partial charge in [-0.15, -0.1) is 0 Å². The van der Waals surface area contributed by atoms with Crippen LogP contribution in [0.4, 0.5) is 4.39 Å². The maximum atomic E-state index is 13.0. The second kappa shape index (κ2) is 7.64. The fourth-order valence-electron chi connectivity index (χ4n) is 2.55. The van der Waals surface area contributed by atoms with Gasteiger partial charge in [-0.05, 0) is 29.8 Å². The summed E-state index contributed by atoms with van der Waals surface area (Å²) in [5.41, 5.74) is 0.848. The average Bonchev–Trinajstić information content (AvgIpc) is 2.61. The molecule has 2 aromatic carbocycles. The molecule has 0 spiro atoms. The number of amides is 1. The van der Waals surface area contributed by atoms with Crippen molar-refractivity contribution in [2.45, 2.75) is 6.10 Å². The number of hydrogen-bond acceptors (Lipinski definition) is 3. The highest BCUT2D eigenvalue weighted by Crippen LogP contribution is 2.24. The molecule has 1 aliphatic rings. The van der Waals surface area contributed by atoms with Crippen molar-refractivity contribution in [3.8, 4) is 5.75 Å². The predicted molar refractivity (Wildman–Crippen MR) is 88.6 cm³/mol. The molecule has 0 N–H and O–H groups in total. The number of halogens is 2. The van der Waals surface area contributed by atoms with Crippen molar-refractivity contribution in [1.82, 2.24) is 4.90 Å². The lowest BCUT2D eigenvalue weighted by Crippen LogP contribution is -2.44. The molecule has 24 heavy (non-hydrogen) atoms. The fraction of sp³-hybridized carbons (Fsp3) is 0.278. The van der Waals surface area contributed by atoms with E-state index in [0.717, 1.165) is 5.56 Å². The van der Waals surface area contributed by atoms with Gasteiger partial charge in [0.15, 0.2) is 6.61 Å². The second-order valence-corrected chi connectivity index (χ2v) is 5.88. The fourth-order valence-corrected chi connectivity index (χ4v) is 2.74. The Bertz CT molecular complexity index is 708. The third-order valence-electron chi connectivity index (χ3n) is 3.85. The van der Waals surface area contributed by atoms with Crippen LogP contribution < -0.4 is 4.74 Å². The van der Waals surface area contributed by atoms with E-state index >= 15 is 0 Å². The summed E-state index contributed by atoms with van der Waals surface area (Å²) in [5, 5.41) is 0.469. The molecule has 1 atom stereocenters. The molecule has 3 rings (SSSR count). The van der Waals surface area contributed by atoms with E-state index in [9.17, 15) is 9.18 Å². The molecule has 0 bridgehead atoms. The topological polar surface area (TPSA) is 38.8 Å². The number of benzene rings is 2. The van der Waals surface area contributed by atoms with Crippen LogP contribution in [0.5, 0.6) is 5.75 Å². The summed E-state index contributed by atoms with van der Waals surface area (Å²) in [4.78, 5) is 14.0. The lowest BCUT2D eigenvalue weighted by Gasteiger charge is -2.33. The number of carbonyl (C=O) groups excluding carboxylic acids is 1. The van der Waals surface area contributed by atoms with E-state index in [-0.39, 0.29) is 24.4 Å². The van der Waals surface area contributed by atoms with E-state index in [1.165, 1.54) is 12.1 Å². The zero-order valence-electron chi connectivity index (χ0n) is 13.0. The zero-order valence-corrected chi connectivity index (χ0v) is 13.7. The van der Waals surface area contributed by atoms with E-state index in [2.05, 4.69) is 0 Å². The van der Waals surface area contributed by atoms with Crippen LogP contribution in [0, 0.1) is 5.82 Å². The van der Waals surface area contributed by atoms with Gasteiger partial charge in [0.25, 0.3) is 5.91 Å². The molecule has 1 heterocycles. The van der Waals surface area contributed by atoms with Crippen molar-refractivity contribution < 1.29 is 18.7 Å². The quantitative estimate of drug-likeness (QED) is 0.848. The third-order valence-corrected chi connectivity index (χ3v) is 4.16. The zero-order chi connectivity index (χ0) is 16.9. The van der Waals surface area contributed by atoms with Crippen LogP contribution in [0.2, 0.25) is 5.02 Å². The third kappa shape index (κ3) is 4.04. The summed E-state index contributed by atoms with van der Waals surface area (Å²) in [6, 6.07) is 13.1. The lowest BCUT2D eigenvalue weighted by atomic mass is 10.1. The van der Waals surface area contributed by atoms with Gasteiger partial charge >= 0.3 is 0 Å². The van der Waals surface area contributed by atoms with Crippen molar-refractivity contribution >= 4 is 17.5 Å². The highest BCUT2D eigenvalue weighted by atomic mass is 35.5. The molecule has 0 aliphatic carbocycles. The summed E-state index contributed by atoms with van der Waals surface area (Å²) in [5.74, 6) is 0.0526. The predicted octanol–water partition coefficient (Wildman–Crippen LogP) is 3.46. The van der Waals surface area contributed by atoms with Gasteiger partial charge in [-0.3, -0.25) is 4.79 Å². The van der Waals surface area contributed by atoms with Crippen LogP contribution >= 0.6 is 11.6 Å². The first-order valence-electron chi connectivity index (χ1n) is 7.65. The van der Waals surface area contributed by atoms with Gasteiger partial charge in [-0.1, -0.05) is 35.9 Å². The number of ether oxygens (including phenoxy) is 2. The van der Waals surface area contributed by atoms with Crippen LogP contribution in [0.15, 0.2) is 48.5 Å². The number of nitrogens with zero attached hydrogens (tertiary/aromatic N) is 1. The van der Waals surface area contributed by atoms with Gasteiger partial charge in [0.2, 0.25) is 0 Å². The van der Waals surface area contributed by atoms with Gasteiger partial charge in [0, 0.05) is 6.54 Å². The minimum absolute atomic E-state index is 0.0835. The summed E-state index contributed by atoms with van der Waals surface area (Å²) in [6.45, 7) is 1.26. The SMILES string of the molecule is O=C(COc1ccccc1Cl)N1CCOC(c2ccc(F)cc2)C1. The minimum atomic E-state index is -0.296. The summed E-state index contributed by atoms with van der Waals surface area (Å²) in [7, 11) is 0. The Morgan fingerprint density at radius 2 is 2.00 bits per heavy atom. The Morgan fingerprint density at radius 1 is 1.25 bits per heavy atom. The molecule has 1 unspecified atom stereocenters. The first-order chi connectivity index (χ1) is 11.6. The number of hydrogen-bond donors (Lipinski definition) is 0. The molecule has 2 aromatic rings. The van der Waals surface area contributed by atoms with Crippen molar-refractivity contribution in [2.75, 3.05) is 26.3 Å². The molecule has 1 amide bonds. The van der Waals surface area contributed by atoms with Crippen LogP contribution in [0.1, 0.15) is 11.7 Å². The molecule has 1 fully saturated rings. The highest BCUT2D eigenvalue weighted by Gasteiger charge is 2.25. The monoisotopic (exact) mass is 349 g/mol. The molecule has 0 saturated carbocycles. The molecule has 126 valence electrons. The van der Waals surface area contributed by atoms with E-state index < -0.39 is 0 Å². The van der Waals surface area contributed by atoms with Gasteiger partial charge in [0.05, 0.1) is 18.2 Å². The Kier molecular flexibility index (Phi) is 5.33. The minimum Gasteiger partial charge on any atom is -0.482 e. The molecular formula is C18H17ClFNO3. The second-order valence-electron chi connectivity index (χ2n) is 5.47. The van der Waals surface area contributed by atoms with Crippen LogP contribution in [0.25, 0.3) is 0 Å². The largest absolute Gasteiger partial charge is 0.482 e. The van der Waals surface area contributed by atoms with Crippen molar-refractivity contribution in [1.29, 1.82) is 0 Å². The summed E-state index contributed by atoms with van der Waals surface area (Å²) >= 11 is 6.01. The maximum absolute atomic E-state index is 13.0. The van der Waals surface area contributed by atoms with Crippen LogP contribution in [-0.4, -0.2) is 37.1 Å². The van der Waals surface area contributed by atoms with E-state index in [0.29, 0.717) is 30.5 Å². The number of rotatable bonds is 4. The molecule has 1 aliphatic heterocycles. The summed E-state index contributed by atoms with van der Waals surface area (Å²) in [6.07, 6.45) is -0.261. The van der Waals surface area contributed by atoms with Crippen molar-refractivity contribution in [2.24, 2.45) is 0 Å². The molecule has 1 saturated heterocycles. The average molecular weight is 350 g/mol. The lowest BCUT2D eigenvalue weighted by molar-refractivity contribution is -0.141. The van der Waals surface area contributed by atoms with Crippen molar-refractivity contribution in [3.05, 3.63) is 64.9 Å². The Balaban J connectivity index is 1.59. The number of para-hydroxylation sites is 1. The first kappa shape index (κ1) is 16.7.